The van der Waals surface area contributed by atoms with E-state index in [1.165, 1.54) is 6.21 Å². The average Bonchev–Trinajstić information content (AvgIpc) is 2.56. The Balaban J connectivity index is 1.87. The molecule has 1 aromatic heterocycles. The zero-order chi connectivity index (χ0) is 15.4. The Morgan fingerprint density at radius 2 is 2.00 bits per heavy atom. The number of halogens is 1. The maximum atomic E-state index is 7.77. The van der Waals surface area contributed by atoms with Crippen LogP contribution in [0.1, 0.15) is 18.4 Å². The van der Waals surface area contributed by atoms with Crippen LogP contribution in [0, 0.1) is 5.41 Å². The molecule has 3 rings (SSSR count). The maximum Gasteiger partial charge on any atom is 0.226 e. The SMILES string of the molecule is N=Cc1c(NC2CCNCC2)nc(Cl)nc1N1CCOCC1. The van der Waals surface area contributed by atoms with Crippen LogP contribution in [0.25, 0.3) is 0 Å². The first kappa shape index (κ1) is 15.5. The summed E-state index contributed by atoms with van der Waals surface area (Å²) in [4.78, 5) is 10.8. The minimum atomic E-state index is 0.212. The molecule has 22 heavy (non-hydrogen) atoms. The highest BCUT2D eigenvalue weighted by Gasteiger charge is 2.22. The first-order valence-electron chi connectivity index (χ1n) is 7.66. The number of piperidine rings is 1. The van der Waals surface area contributed by atoms with Gasteiger partial charge in [0.05, 0.1) is 18.8 Å². The summed E-state index contributed by atoms with van der Waals surface area (Å²) in [6.07, 6.45) is 3.38. The van der Waals surface area contributed by atoms with Crippen LogP contribution < -0.4 is 15.5 Å². The lowest BCUT2D eigenvalue weighted by Crippen LogP contribution is -2.38. The summed E-state index contributed by atoms with van der Waals surface area (Å²) < 4.78 is 5.38. The van der Waals surface area contributed by atoms with Crippen molar-refractivity contribution in [1.29, 1.82) is 5.41 Å². The number of nitrogens with one attached hydrogen (secondary N) is 3. The summed E-state index contributed by atoms with van der Waals surface area (Å²) in [6.45, 7) is 4.81. The zero-order valence-corrected chi connectivity index (χ0v) is 13.2. The van der Waals surface area contributed by atoms with Gasteiger partial charge < -0.3 is 25.7 Å². The Hall–Kier alpha value is -1.44. The van der Waals surface area contributed by atoms with Crippen molar-refractivity contribution in [2.45, 2.75) is 18.9 Å². The molecule has 1 aromatic rings. The molecule has 0 aliphatic carbocycles. The van der Waals surface area contributed by atoms with Gasteiger partial charge in [-0.1, -0.05) is 0 Å². The van der Waals surface area contributed by atoms with Gasteiger partial charge in [-0.25, -0.2) is 0 Å². The van der Waals surface area contributed by atoms with Crippen molar-refractivity contribution in [3.8, 4) is 0 Å². The molecule has 0 amide bonds. The van der Waals surface area contributed by atoms with Crippen LogP contribution in [0.15, 0.2) is 0 Å². The molecule has 120 valence electrons. The summed E-state index contributed by atoms with van der Waals surface area (Å²) in [5.41, 5.74) is 0.699. The number of anilines is 2. The quantitative estimate of drug-likeness (QED) is 0.568. The summed E-state index contributed by atoms with van der Waals surface area (Å²) in [7, 11) is 0. The van der Waals surface area contributed by atoms with Crippen LogP contribution >= 0.6 is 11.6 Å². The molecule has 8 heteroatoms. The third kappa shape index (κ3) is 3.48. The Labute approximate surface area is 134 Å². The lowest BCUT2D eigenvalue weighted by Gasteiger charge is -2.30. The van der Waals surface area contributed by atoms with Crippen LogP contribution in [-0.2, 0) is 4.74 Å². The Bertz CT molecular complexity index is 528. The van der Waals surface area contributed by atoms with Crippen molar-refractivity contribution in [2.75, 3.05) is 49.6 Å². The summed E-state index contributed by atoms with van der Waals surface area (Å²) >= 11 is 6.11. The molecule has 0 unspecified atom stereocenters. The van der Waals surface area contributed by atoms with Crippen LogP contribution in [0.5, 0.6) is 0 Å². The van der Waals surface area contributed by atoms with Crippen LogP contribution in [0.3, 0.4) is 0 Å². The molecule has 3 heterocycles. The van der Waals surface area contributed by atoms with Crippen LogP contribution in [-0.4, -0.2) is 61.6 Å². The highest BCUT2D eigenvalue weighted by molar-refractivity contribution is 6.28. The molecule has 2 saturated heterocycles. The van der Waals surface area contributed by atoms with Gasteiger partial charge in [0.1, 0.15) is 11.6 Å². The molecular formula is C14H21ClN6O. The van der Waals surface area contributed by atoms with E-state index >= 15 is 0 Å². The lowest BCUT2D eigenvalue weighted by molar-refractivity contribution is 0.122. The van der Waals surface area contributed by atoms with Crippen molar-refractivity contribution in [3.63, 3.8) is 0 Å². The van der Waals surface area contributed by atoms with Gasteiger partial charge in [0, 0.05) is 25.3 Å². The number of aromatic nitrogens is 2. The number of rotatable bonds is 4. The molecule has 2 aliphatic heterocycles. The molecule has 3 N–H and O–H groups in total. The second-order valence-corrected chi connectivity index (χ2v) is 5.83. The molecule has 0 atom stereocenters. The van der Waals surface area contributed by atoms with Gasteiger partial charge in [-0.2, -0.15) is 9.97 Å². The number of hydrogen-bond acceptors (Lipinski definition) is 7. The number of ether oxygens (including phenoxy) is 1. The first-order chi connectivity index (χ1) is 10.8. The van der Waals surface area contributed by atoms with Gasteiger partial charge >= 0.3 is 0 Å². The van der Waals surface area contributed by atoms with Crippen molar-refractivity contribution < 1.29 is 4.74 Å². The second kappa shape index (κ2) is 7.21. The molecule has 7 nitrogen and oxygen atoms in total. The van der Waals surface area contributed by atoms with Gasteiger partial charge in [-0.05, 0) is 37.5 Å². The topological polar surface area (TPSA) is 86.2 Å². The Morgan fingerprint density at radius 3 is 2.68 bits per heavy atom. The van der Waals surface area contributed by atoms with Gasteiger partial charge in [0.2, 0.25) is 5.28 Å². The minimum absolute atomic E-state index is 0.212. The standard InChI is InChI=1S/C14H21ClN6O/c15-14-19-12(18-10-1-3-17-4-2-10)11(9-16)13(20-14)21-5-7-22-8-6-21/h9-10,16-17H,1-8H2,(H,18,19,20). The van der Waals surface area contributed by atoms with Gasteiger partial charge in [-0.3, -0.25) is 0 Å². The number of hydrogen-bond donors (Lipinski definition) is 3. The van der Waals surface area contributed by atoms with Crippen molar-refractivity contribution in [2.24, 2.45) is 0 Å². The van der Waals surface area contributed by atoms with Gasteiger partial charge in [-0.15, -0.1) is 0 Å². The van der Waals surface area contributed by atoms with E-state index in [1.807, 2.05) is 0 Å². The monoisotopic (exact) mass is 324 g/mol. The fraction of sp³-hybridized carbons (Fsp3) is 0.643. The third-order valence-corrected chi connectivity index (χ3v) is 4.20. The largest absolute Gasteiger partial charge is 0.378 e. The van der Waals surface area contributed by atoms with Gasteiger partial charge in [0.15, 0.2) is 0 Å². The van der Waals surface area contributed by atoms with Crippen molar-refractivity contribution in [1.82, 2.24) is 15.3 Å². The van der Waals surface area contributed by atoms with Crippen molar-refractivity contribution >= 4 is 29.5 Å². The molecule has 0 saturated carbocycles. The highest BCUT2D eigenvalue weighted by Crippen LogP contribution is 2.26. The predicted molar refractivity (Wildman–Crippen MR) is 87.5 cm³/mol. The second-order valence-electron chi connectivity index (χ2n) is 5.49. The molecule has 0 aromatic carbocycles. The zero-order valence-electron chi connectivity index (χ0n) is 12.4. The van der Waals surface area contributed by atoms with E-state index in [1.54, 1.807) is 0 Å². The van der Waals surface area contributed by atoms with Crippen LogP contribution in [0.4, 0.5) is 11.6 Å². The number of morpholine rings is 1. The van der Waals surface area contributed by atoms with Crippen LogP contribution in [0.2, 0.25) is 5.28 Å². The minimum Gasteiger partial charge on any atom is -0.378 e. The maximum absolute atomic E-state index is 7.77. The normalized spacial score (nSPS) is 20.0. The smallest absolute Gasteiger partial charge is 0.226 e. The fourth-order valence-corrected chi connectivity index (χ4v) is 3.01. The number of nitrogens with zero attached hydrogens (tertiary/aromatic N) is 3. The van der Waals surface area contributed by atoms with E-state index in [2.05, 4.69) is 25.5 Å². The Kier molecular flexibility index (Phi) is 5.07. The summed E-state index contributed by atoms with van der Waals surface area (Å²) in [5.74, 6) is 1.37. The average molecular weight is 325 g/mol. The molecule has 2 fully saturated rings. The van der Waals surface area contributed by atoms with E-state index in [9.17, 15) is 0 Å². The highest BCUT2D eigenvalue weighted by atomic mass is 35.5. The molecular weight excluding hydrogens is 304 g/mol. The van der Waals surface area contributed by atoms with E-state index in [-0.39, 0.29) is 5.28 Å². The van der Waals surface area contributed by atoms with Crippen molar-refractivity contribution in [3.05, 3.63) is 10.8 Å². The van der Waals surface area contributed by atoms with E-state index in [0.29, 0.717) is 30.6 Å². The predicted octanol–water partition coefficient (Wildman–Crippen LogP) is 1.13. The fourth-order valence-electron chi connectivity index (χ4n) is 2.85. The molecule has 0 bridgehead atoms. The van der Waals surface area contributed by atoms with Gasteiger partial charge in [0.25, 0.3) is 0 Å². The summed E-state index contributed by atoms with van der Waals surface area (Å²) in [6, 6.07) is 0.350. The molecule has 0 spiro atoms. The Morgan fingerprint density at radius 1 is 1.27 bits per heavy atom. The first-order valence-corrected chi connectivity index (χ1v) is 8.03. The van der Waals surface area contributed by atoms with E-state index < -0.39 is 0 Å². The molecule has 0 radical (unpaired) electrons. The lowest BCUT2D eigenvalue weighted by atomic mass is 10.1. The van der Waals surface area contributed by atoms with E-state index in [4.69, 9.17) is 21.7 Å². The van der Waals surface area contributed by atoms with E-state index in [0.717, 1.165) is 44.8 Å². The molecule has 2 aliphatic rings. The summed E-state index contributed by atoms with van der Waals surface area (Å²) in [5, 5.41) is 14.8. The third-order valence-electron chi connectivity index (χ3n) is 4.03.